The Morgan fingerprint density at radius 2 is 1.39 bits per heavy atom. The average molecular weight is 238 g/mol. The molecule has 0 radical (unpaired) electrons. The van der Waals surface area contributed by atoms with E-state index >= 15 is 0 Å². The monoisotopic (exact) mass is 238 g/mol. The van der Waals surface area contributed by atoms with Gasteiger partial charge in [0.15, 0.2) is 0 Å². The van der Waals surface area contributed by atoms with Gasteiger partial charge in [0.1, 0.15) is 6.10 Å². The lowest BCUT2D eigenvalue weighted by atomic mass is 10.0. The standard InChI is InChI=1S/C17H18O/c1-2-3-14-18-17(15-10-6-4-7-11-15)16-12-8-5-9-13-16/h2-13,17H,14H2,1H3. The zero-order valence-electron chi connectivity index (χ0n) is 10.6. The van der Waals surface area contributed by atoms with E-state index in [9.17, 15) is 0 Å². The molecule has 0 spiro atoms. The third kappa shape index (κ3) is 3.31. The topological polar surface area (TPSA) is 9.23 Å². The molecule has 0 fully saturated rings. The van der Waals surface area contributed by atoms with Gasteiger partial charge in [-0.3, -0.25) is 0 Å². The average Bonchev–Trinajstić information content (AvgIpc) is 2.46. The molecule has 0 aromatic heterocycles. The summed E-state index contributed by atoms with van der Waals surface area (Å²) in [5, 5.41) is 0. The Morgan fingerprint density at radius 1 is 0.889 bits per heavy atom. The quantitative estimate of drug-likeness (QED) is 0.703. The van der Waals surface area contributed by atoms with Crippen LogP contribution in [0.5, 0.6) is 0 Å². The minimum Gasteiger partial charge on any atom is -0.365 e. The predicted molar refractivity (Wildman–Crippen MR) is 75.5 cm³/mol. The zero-order chi connectivity index (χ0) is 12.6. The van der Waals surface area contributed by atoms with Gasteiger partial charge >= 0.3 is 0 Å². The predicted octanol–water partition coefficient (Wildman–Crippen LogP) is 4.37. The lowest BCUT2D eigenvalue weighted by molar-refractivity contribution is 0.104. The first-order chi connectivity index (χ1) is 8.92. The number of ether oxygens (including phenoxy) is 1. The fourth-order valence-electron chi connectivity index (χ4n) is 1.89. The van der Waals surface area contributed by atoms with Gasteiger partial charge in [0.05, 0.1) is 6.61 Å². The molecule has 0 aliphatic rings. The molecule has 92 valence electrons. The Morgan fingerprint density at radius 3 is 1.83 bits per heavy atom. The van der Waals surface area contributed by atoms with Crippen LogP contribution in [0.1, 0.15) is 24.2 Å². The molecule has 0 aliphatic carbocycles. The molecule has 0 aliphatic heterocycles. The third-order valence-electron chi connectivity index (χ3n) is 2.80. The molecule has 0 amide bonds. The molecule has 0 heterocycles. The number of rotatable bonds is 5. The van der Waals surface area contributed by atoms with Gasteiger partial charge in [-0.15, -0.1) is 0 Å². The van der Waals surface area contributed by atoms with Crippen molar-refractivity contribution >= 4 is 0 Å². The maximum absolute atomic E-state index is 5.97. The van der Waals surface area contributed by atoms with Gasteiger partial charge in [0.25, 0.3) is 0 Å². The minimum absolute atomic E-state index is 0.00333. The van der Waals surface area contributed by atoms with Crippen LogP contribution in [-0.4, -0.2) is 6.61 Å². The van der Waals surface area contributed by atoms with E-state index in [-0.39, 0.29) is 6.10 Å². The van der Waals surface area contributed by atoms with Crippen molar-refractivity contribution in [3.63, 3.8) is 0 Å². The van der Waals surface area contributed by atoms with Gasteiger partial charge in [0, 0.05) is 0 Å². The van der Waals surface area contributed by atoms with Crippen LogP contribution in [0.15, 0.2) is 72.8 Å². The van der Waals surface area contributed by atoms with Crippen LogP contribution < -0.4 is 0 Å². The molecule has 0 atom stereocenters. The number of allylic oxidation sites excluding steroid dienone is 1. The number of hydrogen-bond acceptors (Lipinski definition) is 1. The number of hydrogen-bond donors (Lipinski definition) is 0. The second kappa shape index (κ2) is 6.77. The Hall–Kier alpha value is -1.86. The Kier molecular flexibility index (Phi) is 4.74. The summed E-state index contributed by atoms with van der Waals surface area (Å²) in [4.78, 5) is 0. The summed E-state index contributed by atoms with van der Waals surface area (Å²) in [5.74, 6) is 0. The molecule has 0 bridgehead atoms. The second-order valence-electron chi connectivity index (χ2n) is 4.10. The van der Waals surface area contributed by atoms with E-state index in [1.807, 2.05) is 55.5 Å². The highest BCUT2D eigenvalue weighted by atomic mass is 16.5. The van der Waals surface area contributed by atoms with Gasteiger partial charge in [-0.05, 0) is 18.1 Å². The van der Waals surface area contributed by atoms with Crippen molar-refractivity contribution in [3.8, 4) is 0 Å². The summed E-state index contributed by atoms with van der Waals surface area (Å²) < 4.78 is 5.97. The van der Waals surface area contributed by atoms with Gasteiger partial charge in [0.2, 0.25) is 0 Å². The molecule has 2 aromatic rings. The van der Waals surface area contributed by atoms with E-state index in [0.717, 1.165) is 0 Å². The highest BCUT2D eigenvalue weighted by Gasteiger charge is 2.13. The van der Waals surface area contributed by atoms with Gasteiger partial charge < -0.3 is 4.74 Å². The van der Waals surface area contributed by atoms with Gasteiger partial charge in [-0.1, -0.05) is 72.8 Å². The van der Waals surface area contributed by atoms with Crippen molar-refractivity contribution in [2.75, 3.05) is 6.61 Å². The van der Waals surface area contributed by atoms with E-state index in [1.54, 1.807) is 0 Å². The van der Waals surface area contributed by atoms with E-state index in [2.05, 4.69) is 24.3 Å². The van der Waals surface area contributed by atoms with Crippen molar-refractivity contribution in [1.29, 1.82) is 0 Å². The Labute approximate surface area is 109 Å². The second-order valence-corrected chi connectivity index (χ2v) is 4.10. The zero-order valence-corrected chi connectivity index (χ0v) is 10.6. The highest BCUT2D eigenvalue weighted by Crippen LogP contribution is 2.25. The van der Waals surface area contributed by atoms with Crippen LogP contribution in [0.2, 0.25) is 0 Å². The fourth-order valence-corrected chi connectivity index (χ4v) is 1.89. The van der Waals surface area contributed by atoms with E-state index < -0.39 is 0 Å². The van der Waals surface area contributed by atoms with E-state index in [4.69, 9.17) is 4.74 Å². The first-order valence-corrected chi connectivity index (χ1v) is 6.24. The van der Waals surface area contributed by atoms with Crippen molar-refractivity contribution in [2.45, 2.75) is 13.0 Å². The molecule has 0 saturated carbocycles. The van der Waals surface area contributed by atoms with Crippen LogP contribution in [0, 0.1) is 0 Å². The lowest BCUT2D eigenvalue weighted by Gasteiger charge is -2.18. The van der Waals surface area contributed by atoms with Gasteiger partial charge in [-0.2, -0.15) is 0 Å². The van der Waals surface area contributed by atoms with E-state index in [1.165, 1.54) is 11.1 Å². The maximum Gasteiger partial charge on any atom is 0.108 e. The van der Waals surface area contributed by atoms with Crippen LogP contribution >= 0.6 is 0 Å². The molecule has 1 nitrogen and oxygen atoms in total. The largest absolute Gasteiger partial charge is 0.365 e. The molecule has 0 unspecified atom stereocenters. The van der Waals surface area contributed by atoms with Gasteiger partial charge in [-0.25, -0.2) is 0 Å². The summed E-state index contributed by atoms with van der Waals surface area (Å²) in [5.41, 5.74) is 2.38. The normalized spacial score (nSPS) is 11.2. The Bertz CT molecular complexity index is 434. The van der Waals surface area contributed by atoms with Crippen molar-refractivity contribution < 1.29 is 4.74 Å². The van der Waals surface area contributed by atoms with Crippen LogP contribution in [-0.2, 0) is 4.74 Å². The Balaban J connectivity index is 2.23. The molecule has 0 N–H and O–H groups in total. The smallest absolute Gasteiger partial charge is 0.108 e. The van der Waals surface area contributed by atoms with Crippen LogP contribution in [0.3, 0.4) is 0 Å². The summed E-state index contributed by atoms with van der Waals surface area (Å²) in [7, 11) is 0. The highest BCUT2D eigenvalue weighted by molar-refractivity contribution is 5.29. The molecule has 1 heteroatoms. The summed E-state index contributed by atoms with van der Waals surface area (Å²) in [6.07, 6.45) is 4.04. The van der Waals surface area contributed by atoms with Crippen molar-refractivity contribution in [2.24, 2.45) is 0 Å². The molecule has 0 saturated heterocycles. The third-order valence-corrected chi connectivity index (χ3v) is 2.80. The first kappa shape index (κ1) is 12.6. The van der Waals surface area contributed by atoms with Crippen molar-refractivity contribution in [1.82, 2.24) is 0 Å². The molecule has 2 rings (SSSR count). The first-order valence-electron chi connectivity index (χ1n) is 6.24. The fraction of sp³-hybridized carbons (Fsp3) is 0.176. The van der Waals surface area contributed by atoms with Crippen molar-refractivity contribution in [3.05, 3.63) is 83.9 Å². The molecule has 18 heavy (non-hydrogen) atoms. The molecular weight excluding hydrogens is 220 g/mol. The lowest BCUT2D eigenvalue weighted by Crippen LogP contribution is -2.06. The van der Waals surface area contributed by atoms with E-state index in [0.29, 0.717) is 6.61 Å². The van der Waals surface area contributed by atoms with Crippen LogP contribution in [0.4, 0.5) is 0 Å². The maximum atomic E-state index is 5.97. The molecular formula is C17H18O. The van der Waals surface area contributed by atoms with Crippen LogP contribution in [0.25, 0.3) is 0 Å². The number of benzene rings is 2. The summed E-state index contributed by atoms with van der Waals surface area (Å²) >= 11 is 0. The summed E-state index contributed by atoms with van der Waals surface area (Å²) in [6, 6.07) is 20.7. The minimum atomic E-state index is 0.00333. The summed E-state index contributed by atoms with van der Waals surface area (Å²) in [6.45, 7) is 2.63. The SMILES string of the molecule is CC=CCOC(c1ccccc1)c1ccccc1. The molecule has 2 aromatic carbocycles.